The van der Waals surface area contributed by atoms with Gasteiger partial charge >= 0.3 is 11.9 Å². The van der Waals surface area contributed by atoms with Crippen molar-refractivity contribution < 1.29 is 29.0 Å². The Bertz CT molecular complexity index is 1320. The van der Waals surface area contributed by atoms with Gasteiger partial charge in [-0.25, -0.2) is 9.78 Å². The molecule has 0 spiro atoms. The van der Waals surface area contributed by atoms with Gasteiger partial charge in [-0.3, -0.25) is 14.5 Å². The van der Waals surface area contributed by atoms with Crippen LogP contribution < -0.4 is 9.64 Å². The summed E-state index contributed by atoms with van der Waals surface area (Å²) >= 11 is 0.967. The number of nitrogens with zero attached hydrogens (tertiary/aromatic N) is 2. The van der Waals surface area contributed by atoms with Gasteiger partial charge in [0, 0.05) is 5.56 Å². The van der Waals surface area contributed by atoms with Gasteiger partial charge in [0.25, 0.3) is 5.78 Å². The topological polar surface area (TPSA) is 106 Å². The summed E-state index contributed by atoms with van der Waals surface area (Å²) in [5.41, 5.74) is 2.30. The normalized spacial score (nSPS) is 17.0. The minimum atomic E-state index is -0.956. The van der Waals surface area contributed by atoms with E-state index in [1.54, 1.807) is 50.2 Å². The van der Waals surface area contributed by atoms with E-state index in [4.69, 9.17) is 9.47 Å². The van der Waals surface area contributed by atoms with Crippen molar-refractivity contribution in [2.75, 3.05) is 18.6 Å². The molecule has 9 heteroatoms. The third-order valence-electron chi connectivity index (χ3n) is 5.65. The van der Waals surface area contributed by atoms with Crippen LogP contribution in [0.1, 0.15) is 45.0 Å². The van der Waals surface area contributed by atoms with Crippen LogP contribution >= 0.6 is 11.3 Å². The summed E-state index contributed by atoms with van der Waals surface area (Å²) in [5.74, 6) is -1.92. The Kier molecular flexibility index (Phi) is 6.70. The molecule has 8 nitrogen and oxygen atoms in total. The Labute approximate surface area is 206 Å². The summed E-state index contributed by atoms with van der Waals surface area (Å²) in [6, 6.07) is 12.9. The number of thiazole rings is 1. The van der Waals surface area contributed by atoms with Crippen molar-refractivity contribution in [1.29, 1.82) is 0 Å². The summed E-state index contributed by atoms with van der Waals surface area (Å²) in [7, 11) is 1.54. The summed E-state index contributed by atoms with van der Waals surface area (Å²) in [6.45, 7) is 5.43. The van der Waals surface area contributed by atoms with Gasteiger partial charge in [0.2, 0.25) is 0 Å². The third kappa shape index (κ3) is 4.42. The third-order valence-corrected chi connectivity index (χ3v) is 6.79. The number of methoxy groups -OCH3 is 1. The predicted octanol–water partition coefficient (Wildman–Crippen LogP) is 4.57. The van der Waals surface area contributed by atoms with E-state index in [9.17, 15) is 19.5 Å². The van der Waals surface area contributed by atoms with Crippen LogP contribution in [-0.2, 0) is 14.3 Å². The molecule has 180 valence electrons. The number of rotatable bonds is 6. The van der Waals surface area contributed by atoms with Gasteiger partial charge in [-0.1, -0.05) is 53.3 Å². The zero-order chi connectivity index (χ0) is 25.3. The number of ketones is 1. The largest absolute Gasteiger partial charge is 0.507 e. The maximum atomic E-state index is 13.3. The van der Waals surface area contributed by atoms with E-state index in [-0.39, 0.29) is 27.9 Å². The lowest BCUT2D eigenvalue weighted by Gasteiger charge is -2.23. The van der Waals surface area contributed by atoms with Crippen LogP contribution in [0.3, 0.4) is 0 Å². The molecule has 0 unspecified atom stereocenters. The van der Waals surface area contributed by atoms with Gasteiger partial charge in [0.1, 0.15) is 16.4 Å². The first kappa shape index (κ1) is 24.2. The first-order valence-corrected chi connectivity index (χ1v) is 11.7. The quantitative estimate of drug-likeness (QED) is 0.232. The molecule has 0 aliphatic carbocycles. The lowest BCUT2D eigenvalue weighted by atomic mass is 9.95. The zero-order valence-corrected chi connectivity index (χ0v) is 20.5. The van der Waals surface area contributed by atoms with E-state index >= 15 is 0 Å². The van der Waals surface area contributed by atoms with Crippen molar-refractivity contribution in [2.45, 2.75) is 26.8 Å². The molecule has 0 bridgehead atoms. The molecule has 1 N–H and O–H groups in total. The maximum absolute atomic E-state index is 13.3. The van der Waals surface area contributed by atoms with Crippen LogP contribution in [0.4, 0.5) is 5.13 Å². The van der Waals surface area contributed by atoms with Crippen molar-refractivity contribution in [3.8, 4) is 5.75 Å². The van der Waals surface area contributed by atoms with Crippen LogP contribution in [0, 0.1) is 13.8 Å². The standard InChI is InChI=1S/C26H24N2O6S/c1-5-34-25(32)23-15(3)27-26(35-23)28-20(16-10-12-18(33-4)13-11-16)19(22(30)24(28)31)21(29)17-8-6-14(2)7-9-17/h6-13,20,29H,5H2,1-4H3/b21-19+/t20-/m1/s1. The summed E-state index contributed by atoms with van der Waals surface area (Å²) in [6.07, 6.45) is 0. The number of amides is 1. The van der Waals surface area contributed by atoms with Crippen molar-refractivity contribution >= 4 is 39.9 Å². The highest BCUT2D eigenvalue weighted by Gasteiger charge is 2.48. The molecule has 0 saturated carbocycles. The van der Waals surface area contributed by atoms with Gasteiger partial charge < -0.3 is 14.6 Å². The minimum absolute atomic E-state index is 0.0606. The number of esters is 1. The number of benzene rings is 2. The van der Waals surface area contributed by atoms with Gasteiger partial charge in [-0.2, -0.15) is 0 Å². The Hall–Kier alpha value is -3.98. The molecule has 3 aromatic rings. The molecule has 2 heterocycles. The lowest BCUT2D eigenvalue weighted by molar-refractivity contribution is -0.132. The predicted molar refractivity (Wildman–Crippen MR) is 132 cm³/mol. The number of carbonyl (C=O) groups excluding carboxylic acids is 3. The smallest absolute Gasteiger partial charge is 0.350 e. The van der Waals surface area contributed by atoms with Crippen molar-refractivity contribution in [3.63, 3.8) is 0 Å². The monoisotopic (exact) mass is 492 g/mol. The van der Waals surface area contributed by atoms with Crippen LogP contribution in [0.25, 0.3) is 5.76 Å². The van der Waals surface area contributed by atoms with Gasteiger partial charge in [-0.15, -0.1) is 0 Å². The molecule has 1 aliphatic rings. The number of hydrogen-bond donors (Lipinski definition) is 1. The molecule has 1 aliphatic heterocycles. The molecular formula is C26H24N2O6S. The fraction of sp³-hybridized carbons (Fsp3) is 0.231. The first-order valence-electron chi connectivity index (χ1n) is 10.9. The fourth-order valence-corrected chi connectivity index (χ4v) is 4.86. The zero-order valence-electron chi connectivity index (χ0n) is 19.7. The fourth-order valence-electron chi connectivity index (χ4n) is 3.87. The molecule has 1 atom stereocenters. The van der Waals surface area contributed by atoms with E-state index in [1.165, 1.54) is 12.0 Å². The number of ether oxygens (including phenoxy) is 2. The molecule has 1 amide bonds. The van der Waals surface area contributed by atoms with E-state index in [2.05, 4.69) is 4.98 Å². The summed E-state index contributed by atoms with van der Waals surface area (Å²) < 4.78 is 10.3. The second-order valence-corrected chi connectivity index (χ2v) is 8.92. The Balaban J connectivity index is 1.90. The van der Waals surface area contributed by atoms with E-state index in [1.807, 2.05) is 19.1 Å². The number of carbonyl (C=O) groups is 3. The van der Waals surface area contributed by atoms with Crippen LogP contribution in [-0.4, -0.2) is 41.5 Å². The van der Waals surface area contributed by atoms with Crippen molar-refractivity contribution in [2.24, 2.45) is 0 Å². The maximum Gasteiger partial charge on any atom is 0.350 e. The number of Topliss-reactive ketones (excluding diaryl/α,β-unsaturated/α-hetero) is 1. The average Bonchev–Trinajstić information content (AvgIpc) is 3.36. The van der Waals surface area contributed by atoms with Gasteiger partial charge in [-0.05, 0) is 38.5 Å². The molecule has 2 aromatic carbocycles. The van der Waals surface area contributed by atoms with Crippen molar-refractivity contribution in [3.05, 3.63) is 81.4 Å². The highest BCUT2D eigenvalue weighted by Crippen LogP contribution is 2.44. The Morgan fingerprint density at radius 2 is 1.74 bits per heavy atom. The molecule has 4 rings (SSSR count). The SMILES string of the molecule is CCOC(=O)c1sc(N2C(=O)C(=O)/C(=C(/O)c3ccc(C)cc3)[C@H]2c2ccc(OC)cc2)nc1C. The molecule has 1 fully saturated rings. The van der Waals surface area contributed by atoms with Gasteiger partial charge in [0.05, 0.1) is 31.0 Å². The number of aliphatic hydroxyl groups excluding tert-OH is 1. The number of aliphatic hydroxyl groups is 1. The number of aromatic nitrogens is 1. The molecular weight excluding hydrogens is 468 g/mol. The van der Waals surface area contributed by atoms with Crippen LogP contribution in [0.5, 0.6) is 5.75 Å². The molecule has 35 heavy (non-hydrogen) atoms. The average molecular weight is 493 g/mol. The highest BCUT2D eigenvalue weighted by molar-refractivity contribution is 7.17. The second-order valence-electron chi connectivity index (χ2n) is 7.94. The minimum Gasteiger partial charge on any atom is -0.507 e. The van der Waals surface area contributed by atoms with Crippen LogP contribution in [0.2, 0.25) is 0 Å². The second kappa shape index (κ2) is 9.71. The Morgan fingerprint density at radius 3 is 2.34 bits per heavy atom. The highest BCUT2D eigenvalue weighted by atomic mass is 32.1. The van der Waals surface area contributed by atoms with E-state index in [0.717, 1.165) is 16.9 Å². The van der Waals surface area contributed by atoms with E-state index < -0.39 is 23.7 Å². The first-order chi connectivity index (χ1) is 16.8. The van der Waals surface area contributed by atoms with Crippen molar-refractivity contribution in [1.82, 2.24) is 4.98 Å². The lowest BCUT2D eigenvalue weighted by Crippen LogP contribution is -2.29. The molecule has 1 aromatic heterocycles. The van der Waals surface area contributed by atoms with Crippen LogP contribution in [0.15, 0.2) is 54.1 Å². The number of aryl methyl sites for hydroxylation is 2. The van der Waals surface area contributed by atoms with Gasteiger partial charge in [0.15, 0.2) is 5.13 Å². The molecule has 0 radical (unpaired) electrons. The summed E-state index contributed by atoms with van der Waals surface area (Å²) in [5, 5.41) is 11.3. The van der Waals surface area contributed by atoms with E-state index in [0.29, 0.717) is 22.6 Å². The molecule has 1 saturated heterocycles. The summed E-state index contributed by atoms with van der Waals surface area (Å²) in [4.78, 5) is 44.8. The Morgan fingerprint density at radius 1 is 1.09 bits per heavy atom. The number of hydrogen-bond acceptors (Lipinski definition) is 8. The number of anilines is 1.